The summed E-state index contributed by atoms with van der Waals surface area (Å²) in [7, 11) is 0. The summed E-state index contributed by atoms with van der Waals surface area (Å²) in [5.74, 6) is -0.908. The molecule has 1 aliphatic rings. The third-order valence-corrected chi connectivity index (χ3v) is 7.45. The standard InChI is InChI=1S/C28H20Br2N2O3/c1-17-5-2-3-8-24(17)31(26(33)18-9-11-19(29)12-10-18)15-16-32-27(34)21-7-4-6-20-23(30)14-13-22(25(20)21)28(32)35/h2-14H,15-16H2,1H3. The van der Waals surface area contributed by atoms with E-state index in [1.165, 1.54) is 4.90 Å². The summed E-state index contributed by atoms with van der Waals surface area (Å²) in [5, 5.41) is 1.49. The second-order valence-electron chi connectivity index (χ2n) is 8.34. The van der Waals surface area contributed by atoms with Gasteiger partial charge in [-0.25, -0.2) is 0 Å². The molecule has 0 N–H and O–H groups in total. The van der Waals surface area contributed by atoms with Crippen LogP contribution < -0.4 is 4.90 Å². The van der Waals surface area contributed by atoms with Gasteiger partial charge >= 0.3 is 0 Å². The number of para-hydroxylation sites is 1. The number of imide groups is 1. The first-order chi connectivity index (χ1) is 16.9. The second kappa shape index (κ2) is 9.40. The molecule has 4 aromatic rings. The minimum atomic E-state index is -0.355. The highest BCUT2D eigenvalue weighted by atomic mass is 79.9. The van der Waals surface area contributed by atoms with Gasteiger partial charge in [0.05, 0.1) is 0 Å². The Morgan fingerprint density at radius 3 is 2.23 bits per heavy atom. The van der Waals surface area contributed by atoms with E-state index in [9.17, 15) is 14.4 Å². The first-order valence-corrected chi connectivity index (χ1v) is 12.7. The van der Waals surface area contributed by atoms with Gasteiger partial charge in [-0.15, -0.1) is 0 Å². The second-order valence-corrected chi connectivity index (χ2v) is 10.1. The smallest absolute Gasteiger partial charge is 0.261 e. The predicted octanol–water partition coefficient (Wildman–Crippen LogP) is 6.62. The number of rotatable bonds is 5. The molecule has 5 nitrogen and oxygen atoms in total. The van der Waals surface area contributed by atoms with Crippen molar-refractivity contribution in [2.24, 2.45) is 0 Å². The van der Waals surface area contributed by atoms with E-state index in [0.717, 1.165) is 25.6 Å². The van der Waals surface area contributed by atoms with Crippen molar-refractivity contribution in [1.29, 1.82) is 0 Å². The van der Waals surface area contributed by atoms with Crippen LogP contribution in [-0.2, 0) is 0 Å². The monoisotopic (exact) mass is 590 g/mol. The number of carbonyl (C=O) groups is 3. The minimum absolute atomic E-state index is 0.0696. The maximum atomic E-state index is 13.6. The Balaban J connectivity index is 1.49. The Labute approximate surface area is 219 Å². The van der Waals surface area contributed by atoms with E-state index in [4.69, 9.17) is 0 Å². The van der Waals surface area contributed by atoms with Crippen LogP contribution >= 0.6 is 31.9 Å². The molecule has 4 aromatic carbocycles. The molecule has 0 unspecified atom stereocenters. The van der Waals surface area contributed by atoms with Crippen molar-refractivity contribution in [3.05, 3.63) is 110 Å². The SMILES string of the molecule is Cc1ccccc1N(CCN1C(=O)c2cccc3c(Br)ccc(c23)C1=O)C(=O)c1ccc(Br)cc1. The van der Waals surface area contributed by atoms with Gasteiger partial charge in [-0.3, -0.25) is 19.3 Å². The lowest BCUT2D eigenvalue weighted by atomic mass is 9.94. The predicted molar refractivity (Wildman–Crippen MR) is 144 cm³/mol. The van der Waals surface area contributed by atoms with Crippen LogP contribution in [0, 0.1) is 6.92 Å². The normalized spacial score (nSPS) is 12.8. The topological polar surface area (TPSA) is 57.7 Å². The van der Waals surface area contributed by atoms with Crippen LogP contribution in [0.15, 0.2) is 87.8 Å². The van der Waals surface area contributed by atoms with Crippen molar-refractivity contribution in [3.8, 4) is 0 Å². The number of nitrogens with zero attached hydrogens (tertiary/aromatic N) is 2. The molecular formula is C28H20Br2N2O3. The fourth-order valence-electron chi connectivity index (χ4n) is 4.46. The fraction of sp³-hybridized carbons (Fsp3) is 0.107. The third kappa shape index (κ3) is 4.19. The Bertz CT molecular complexity index is 1480. The zero-order chi connectivity index (χ0) is 24.7. The maximum Gasteiger partial charge on any atom is 0.261 e. The van der Waals surface area contributed by atoms with Crippen LogP contribution in [0.1, 0.15) is 36.6 Å². The van der Waals surface area contributed by atoms with Gasteiger partial charge in [0, 0.05) is 49.8 Å². The van der Waals surface area contributed by atoms with E-state index in [-0.39, 0.29) is 30.8 Å². The highest BCUT2D eigenvalue weighted by Gasteiger charge is 2.34. The van der Waals surface area contributed by atoms with Crippen molar-refractivity contribution in [2.75, 3.05) is 18.0 Å². The summed E-state index contributed by atoms with van der Waals surface area (Å²) >= 11 is 6.92. The molecule has 0 radical (unpaired) electrons. The number of anilines is 1. The first kappa shape index (κ1) is 23.5. The highest BCUT2D eigenvalue weighted by Crippen LogP contribution is 2.34. The fourth-order valence-corrected chi connectivity index (χ4v) is 5.19. The summed E-state index contributed by atoms with van der Waals surface area (Å²) < 4.78 is 1.71. The Kier molecular flexibility index (Phi) is 6.30. The first-order valence-electron chi connectivity index (χ1n) is 11.1. The van der Waals surface area contributed by atoms with Gasteiger partial charge < -0.3 is 4.90 Å². The average molecular weight is 592 g/mol. The van der Waals surface area contributed by atoms with Crippen LogP contribution in [0.5, 0.6) is 0 Å². The number of amides is 3. The van der Waals surface area contributed by atoms with Gasteiger partial charge in [0.15, 0.2) is 0 Å². The molecule has 0 bridgehead atoms. The molecule has 1 aliphatic heterocycles. The van der Waals surface area contributed by atoms with E-state index in [1.807, 2.05) is 61.5 Å². The number of benzene rings is 4. The number of carbonyl (C=O) groups excluding carboxylic acids is 3. The maximum absolute atomic E-state index is 13.6. The molecule has 35 heavy (non-hydrogen) atoms. The Morgan fingerprint density at radius 2 is 1.51 bits per heavy atom. The molecule has 0 aromatic heterocycles. The third-order valence-electron chi connectivity index (χ3n) is 6.23. The molecule has 0 atom stereocenters. The van der Waals surface area contributed by atoms with Crippen LogP contribution in [0.2, 0.25) is 0 Å². The van der Waals surface area contributed by atoms with Crippen molar-refractivity contribution >= 4 is 66.0 Å². The molecule has 0 aliphatic carbocycles. The number of aryl methyl sites for hydroxylation is 1. The molecule has 0 saturated carbocycles. The van der Waals surface area contributed by atoms with Crippen molar-refractivity contribution in [1.82, 2.24) is 4.90 Å². The summed E-state index contributed by atoms with van der Waals surface area (Å²) in [4.78, 5) is 43.2. The number of halogens is 2. The molecule has 1 heterocycles. The lowest BCUT2D eigenvalue weighted by Crippen LogP contribution is -2.46. The minimum Gasteiger partial charge on any atom is -0.306 e. The summed E-state index contributed by atoms with van der Waals surface area (Å²) in [6.07, 6.45) is 0. The summed E-state index contributed by atoms with van der Waals surface area (Å²) in [5.41, 5.74) is 3.16. The number of hydrogen-bond donors (Lipinski definition) is 0. The lowest BCUT2D eigenvalue weighted by Gasteiger charge is -2.31. The Hall–Kier alpha value is -3.29. The summed E-state index contributed by atoms with van der Waals surface area (Å²) in [6.45, 7) is 2.17. The van der Waals surface area contributed by atoms with E-state index in [2.05, 4.69) is 31.9 Å². The molecule has 174 valence electrons. The van der Waals surface area contributed by atoms with Gasteiger partial charge in [0.1, 0.15) is 0 Å². The van der Waals surface area contributed by atoms with Crippen LogP contribution in [0.4, 0.5) is 5.69 Å². The molecule has 0 fully saturated rings. The zero-order valence-electron chi connectivity index (χ0n) is 18.8. The summed E-state index contributed by atoms with van der Waals surface area (Å²) in [6, 6.07) is 23.7. The van der Waals surface area contributed by atoms with E-state index in [1.54, 1.807) is 29.2 Å². The average Bonchev–Trinajstić information content (AvgIpc) is 2.86. The van der Waals surface area contributed by atoms with E-state index >= 15 is 0 Å². The van der Waals surface area contributed by atoms with Crippen LogP contribution in [-0.4, -0.2) is 35.7 Å². The number of hydrogen-bond acceptors (Lipinski definition) is 3. The zero-order valence-corrected chi connectivity index (χ0v) is 22.0. The quantitative estimate of drug-likeness (QED) is 0.245. The van der Waals surface area contributed by atoms with Gasteiger partial charge in [0.2, 0.25) is 0 Å². The molecule has 0 spiro atoms. The largest absolute Gasteiger partial charge is 0.306 e. The van der Waals surface area contributed by atoms with Gasteiger partial charge in [0.25, 0.3) is 17.7 Å². The van der Waals surface area contributed by atoms with Gasteiger partial charge in [-0.2, -0.15) is 0 Å². The molecule has 0 saturated heterocycles. The molecular weight excluding hydrogens is 572 g/mol. The van der Waals surface area contributed by atoms with Crippen molar-refractivity contribution < 1.29 is 14.4 Å². The molecule has 3 amide bonds. The van der Waals surface area contributed by atoms with E-state index < -0.39 is 0 Å². The molecule has 5 rings (SSSR count). The van der Waals surface area contributed by atoms with Crippen molar-refractivity contribution in [3.63, 3.8) is 0 Å². The highest BCUT2D eigenvalue weighted by molar-refractivity contribution is 9.11. The van der Waals surface area contributed by atoms with Crippen LogP contribution in [0.25, 0.3) is 10.8 Å². The Morgan fingerprint density at radius 1 is 0.829 bits per heavy atom. The lowest BCUT2D eigenvalue weighted by molar-refractivity contribution is 0.0611. The van der Waals surface area contributed by atoms with Gasteiger partial charge in [-0.05, 0) is 66.4 Å². The van der Waals surface area contributed by atoms with Crippen molar-refractivity contribution in [2.45, 2.75) is 6.92 Å². The van der Waals surface area contributed by atoms with Gasteiger partial charge in [-0.1, -0.05) is 62.2 Å². The molecule has 7 heteroatoms. The van der Waals surface area contributed by atoms with Crippen LogP contribution in [0.3, 0.4) is 0 Å². The van der Waals surface area contributed by atoms with E-state index in [0.29, 0.717) is 22.1 Å².